The van der Waals surface area contributed by atoms with Crippen LogP contribution in [-0.2, 0) is 0 Å². The number of aromatic nitrogens is 1. The zero-order valence-corrected chi connectivity index (χ0v) is 12.2. The second kappa shape index (κ2) is 5.71. The number of pyridine rings is 1. The number of nitrogens with zero attached hydrogens (tertiary/aromatic N) is 2. The molecule has 0 bridgehead atoms. The van der Waals surface area contributed by atoms with Gasteiger partial charge in [-0.15, -0.1) is 0 Å². The molecule has 1 N–H and O–H groups in total. The minimum Gasteiger partial charge on any atom is -0.373 e. The summed E-state index contributed by atoms with van der Waals surface area (Å²) in [4.78, 5) is 19.2. The molecule has 20 heavy (non-hydrogen) atoms. The molecule has 104 valence electrons. The first-order valence-corrected chi connectivity index (χ1v) is 7.89. The number of anilines is 1. The Kier molecular flexibility index (Phi) is 3.78. The molecule has 1 amide bonds. The fourth-order valence-corrected chi connectivity index (χ4v) is 3.32. The van der Waals surface area contributed by atoms with Gasteiger partial charge in [-0.1, -0.05) is 18.2 Å². The number of para-hydroxylation sites is 1. The lowest BCUT2D eigenvalue weighted by molar-refractivity contribution is 0.0774. The van der Waals surface area contributed by atoms with Crippen LogP contribution in [0.3, 0.4) is 0 Å². The lowest BCUT2D eigenvalue weighted by Crippen LogP contribution is -2.38. The first-order valence-electron chi connectivity index (χ1n) is 6.74. The van der Waals surface area contributed by atoms with Gasteiger partial charge in [0.05, 0.1) is 11.1 Å². The molecule has 1 fully saturated rings. The molecule has 1 saturated heterocycles. The van der Waals surface area contributed by atoms with Gasteiger partial charge in [-0.2, -0.15) is 11.8 Å². The minimum atomic E-state index is 0.111. The molecule has 0 unspecified atom stereocenters. The van der Waals surface area contributed by atoms with E-state index in [0.717, 1.165) is 46.9 Å². The average Bonchev–Trinajstić information content (AvgIpc) is 2.54. The van der Waals surface area contributed by atoms with Crippen LogP contribution in [0.1, 0.15) is 10.4 Å². The van der Waals surface area contributed by atoms with E-state index in [2.05, 4.69) is 10.3 Å². The summed E-state index contributed by atoms with van der Waals surface area (Å²) in [5.41, 5.74) is 1.60. The molecular weight excluding hydrogens is 270 g/mol. The standard InChI is InChI=1S/C15H17N3OS/c1-16-14-10-12(11-4-2-3-5-13(11)17-14)15(19)18-6-8-20-9-7-18/h2-5,10H,6-9H2,1H3,(H,16,17). The molecule has 1 aliphatic rings. The molecular formula is C15H17N3OS. The van der Waals surface area contributed by atoms with Crippen molar-refractivity contribution in [3.05, 3.63) is 35.9 Å². The number of carbonyl (C=O) groups is 1. The summed E-state index contributed by atoms with van der Waals surface area (Å²) in [6, 6.07) is 9.66. The number of rotatable bonds is 2. The Morgan fingerprint density at radius 3 is 2.80 bits per heavy atom. The number of amides is 1. The number of thioether (sulfide) groups is 1. The van der Waals surface area contributed by atoms with E-state index in [0.29, 0.717) is 0 Å². The lowest BCUT2D eigenvalue weighted by atomic mass is 10.1. The van der Waals surface area contributed by atoms with Gasteiger partial charge in [0.15, 0.2) is 0 Å². The van der Waals surface area contributed by atoms with Gasteiger partial charge in [-0.25, -0.2) is 4.98 Å². The second-order valence-corrected chi connectivity index (χ2v) is 5.95. The maximum atomic E-state index is 12.7. The van der Waals surface area contributed by atoms with E-state index in [1.54, 1.807) is 0 Å². The molecule has 0 saturated carbocycles. The van der Waals surface area contributed by atoms with Gasteiger partial charge >= 0.3 is 0 Å². The van der Waals surface area contributed by atoms with Crippen LogP contribution in [-0.4, -0.2) is 47.4 Å². The molecule has 1 aromatic carbocycles. The highest BCUT2D eigenvalue weighted by atomic mass is 32.2. The monoisotopic (exact) mass is 287 g/mol. The summed E-state index contributed by atoms with van der Waals surface area (Å²) in [5, 5.41) is 3.96. The van der Waals surface area contributed by atoms with Crippen LogP contribution in [0.25, 0.3) is 10.9 Å². The SMILES string of the molecule is CNc1cc(C(=O)N2CCSCC2)c2ccccc2n1. The first kappa shape index (κ1) is 13.2. The third kappa shape index (κ3) is 2.45. The Morgan fingerprint density at radius 1 is 1.30 bits per heavy atom. The van der Waals surface area contributed by atoms with Crippen LogP contribution >= 0.6 is 11.8 Å². The molecule has 0 spiro atoms. The fraction of sp³-hybridized carbons (Fsp3) is 0.333. The van der Waals surface area contributed by atoms with E-state index in [9.17, 15) is 4.79 Å². The van der Waals surface area contributed by atoms with Crippen molar-refractivity contribution in [2.75, 3.05) is 37.0 Å². The van der Waals surface area contributed by atoms with Gasteiger partial charge in [0.2, 0.25) is 0 Å². The zero-order valence-electron chi connectivity index (χ0n) is 11.4. The third-order valence-corrected chi connectivity index (χ3v) is 4.44. The summed E-state index contributed by atoms with van der Waals surface area (Å²) in [6.45, 7) is 1.66. The van der Waals surface area contributed by atoms with Crippen LogP contribution < -0.4 is 5.32 Å². The number of carbonyl (C=O) groups excluding carboxylic acids is 1. The first-order chi connectivity index (χ1) is 9.79. The van der Waals surface area contributed by atoms with E-state index < -0.39 is 0 Å². The van der Waals surface area contributed by atoms with E-state index >= 15 is 0 Å². The smallest absolute Gasteiger partial charge is 0.254 e. The number of hydrogen-bond acceptors (Lipinski definition) is 4. The number of hydrogen-bond donors (Lipinski definition) is 1. The van der Waals surface area contributed by atoms with Crippen molar-refractivity contribution in [2.24, 2.45) is 0 Å². The maximum Gasteiger partial charge on any atom is 0.254 e. The van der Waals surface area contributed by atoms with Crippen molar-refractivity contribution in [1.29, 1.82) is 0 Å². The minimum absolute atomic E-state index is 0.111. The number of benzene rings is 1. The topological polar surface area (TPSA) is 45.2 Å². The third-order valence-electron chi connectivity index (χ3n) is 3.50. The summed E-state index contributed by atoms with van der Waals surface area (Å²) in [7, 11) is 1.82. The number of nitrogens with one attached hydrogen (secondary N) is 1. The van der Waals surface area contributed by atoms with Crippen molar-refractivity contribution in [2.45, 2.75) is 0 Å². The summed E-state index contributed by atoms with van der Waals surface area (Å²) < 4.78 is 0. The summed E-state index contributed by atoms with van der Waals surface area (Å²) in [6.07, 6.45) is 0. The molecule has 1 aromatic heterocycles. The molecule has 0 aliphatic carbocycles. The Morgan fingerprint density at radius 2 is 2.05 bits per heavy atom. The van der Waals surface area contributed by atoms with Crippen LogP contribution in [0.2, 0.25) is 0 Å². The lowest BCUT2D eigenvalue weighted by Gasteiger charge is -2.27. The van der Waals surface area contributed by atoms with Crippen molar-refractivity contribution in [3.63, 3.8) is 0 Å². The van der Waals surface area contributed by atoms with E-state index in [4.69, 9.17) is 0 Å². The van der Waals surface area contributed by atoms with Gasteiger partial charge in [-0.05, 0) is 12.1 Å². The van der Waals surface area contributed by atoms with Gasteiger partial charge in [-0.3, -0.25) is 4.79 Å². The Bertz CT molecular complexity index is 638. The van der Waals surface area contributed by atoms with Crippen LogP contribution in [0, 0.1) is 0 Å². The fourth-order valence-electron chi connectivity index (χ4n) is 2.42. The summed E-state index contributed by atoms with van der Waals surface area (Å²) >= 11 is 1.90. The molecule has 2 heterocycles. The number of fused-ring (bicyclic) bond motifs is 1. The molecule has 5 heteroatoms. The Balaban J connectivity index is 2.06. The molecule has 3 rings (SSSR count). The Labute approximate surface area is 122 Å². The van der Waals surface area contributed by atoms with Crippen molar-refractivity contribution in [1.82, 2.24) is 9.88 Å². The van der Waals surface area contributed by atoms with Gasteiger partial charge < -0.3 is 10.2 Å². The zero-order chi connectivity index (χ0) is 13.9. The van der Waals surface area contributed by atoms with Gasteiger partial charge in [0, 0.05) is 37.0 Å². The molecule has 0 radical (unpaired) electrons. The molecule has 4 nitrogen and oxygen atoms in total. The second-order valence-electron chi connectivity index (χ2n) is 4.73. The van der Waals surface area contributed by atoms with Crippen LogP contribution in [0.4, 0.5) is 5.82 Å². The van der Waals surface area contributed by atoms with Crippen molar-refractivity contribution in [3.8, 4) is 0 Å². The Hall–Kier alpha value is -1.75. The highest BCUT2D eigenvalue weighted by molar-refractivity contribution is 7.99. The van der Waals surface area contributed by atoms with Gasteiger partial charge in [0.25, 0.3) is 5.91 Å². The normalized spacial score (nSPS) is 15.3. The van der Waals surface area contributed by atoms with E-state index in [1.807, 2.05) is 54.0 Å². The van der Waals surface area contributed by atoms with Gasteiger partial charge in [0.1, 0.15) is 5.82 Å². The van der Waals surface area contributed by atoms with Crippen LogP contribution in [0.5, 0.6) is 0 Å². The van der Waals surface area contributed by atoms with Crippen molar-refractivity contribution >= 4 is 34.4 Å². The van der Waals surface area contributed by atoms with Crippen LogP contribution in [0.15, 0.2) is 30.3 Å². The molecule has 0 atom stereocenters. The van der Waals surface area contributed by atoms with Crippen molar-refractivity contribution < 1.29 is 4.79 Å². The van der Waals surface area contributed by atoms with E-state index in [1.165, 1.54) is 0 Å². The molecule has 2 aromatic rings. The average molecular weight is 287 g/mol. The quantitative estimate of drug-likeness (QED) is 0.921. The highest BCUT2D eigenvalue weighted by Crippen LogP contribution is 2.23. The largest absolute Gasteiger partial charge is 0.373 e. The maximum absolute atomic E-state index is 12.7. The predicted octanol–water partition coefficient (Wildman–Crippen LogP) is 2.47. The van der Waals surface area contributed by atoms with E-state index in [-0.39, 0.29) is 5.91 Å². The predicted molar refractivity (Wildman–Crippen MR) is 84.5 cm³/mol. The highest BCUT2D eigenvalue weighted by Gasteiger charge is 2.21. The molecule has 1 aliphatic heterocycles. The summed E-state index contributed by atoms with van der Waals surface area (Å²) in [5.74, 6) is 2.89.